The zero-order valence-corrected chi connectivity index (χ0v) is 16.6. The van der Waals surface area contributed by atoms with Gasteiger partial charge in [-0.15, -0.1) is 11.6 Å². The molecule has 2 saturated heterocycles. The van der Waals surface area contributed by atoms with Crippen molar-refractivity contribution in [2.24, 2.45) is 0 Å². The molecule has 0 aromatic heterocycles. The third-order valence-corrected chi connectivity index (χ3v) is 5.28. The molecule has 6 nitrogen and oxygen atoms in total. The predicted molar refractivity (Wildman–Crippen MR) is 108 cm³/mol. The van der Waals surface area contributed by atoms with Gasteiger partial charge in [-0.05, 0) is 57.2 Å². The molecule has 27 heavy (non-hydrogen) atoms. The van der Waals surface area contributed by atoms with Gasteiger partial charge in [-0.1, -0.05) is 0 Å². The number of amides is 2. The molecule has 0 bridgehead atoms. The van der Waals surface area contributed by atoms with Crippen molar-refractivity contribution >= 4 is 34.8 Å². The van der Waals surface area contributed by atoms with Crippen LogP contribution in [0.3, 0.4) is 0 Å². The Bertz CT molecular complexity index is 668. The number of alkyl halides is 1. The van der Waals surface area contributed by atoms with Crippen LogP contribution in [0, 0.1) is 0 Å². The highest BCUT2D eigenvalue weighted by molar-refractivity contribution is 6.32. The summed E-state index contributed by atoms with van der Waals surface area (Å²) in [5, 5.41) is 5.13. The summed E-state index contributed by atoms with van der Waals surface area (Å²) >= 11 is 5.84. The number of rotatable bonds is 6. The second-order valence-corrected chi connectivity index (χ2v) is 7.88. The molecular weight excluding hydrogens is 366 g/mol. The first kappa shape index (κ1) is 20.0. The van der Waals surface area contributed by atoms with Crippen LogP contribution >= 0.6 is 11.6 Å². The number of nitrogens with one attached hydrogen (secondary N) is 2. The molecule has 2 atom stereocenters. The number of carbonyl (C=O) groups is 2. The Morgan fingerprint density at radius 1 is 1.26 bits per heavy atom. The van der Waals surface area contributed by atoms with Crippen LogP contribution in [0.4, 0.5) is 11.4 Å². The molecule has 2 fully saturated rings. The fraction of sp³-hybridized carbons (Fsp3) is 0.600. The van der Waals surface area contributed by atoms with Crippen LogP contribution in [-0.4, -0.2) is 49.5 Å². The fourth-order valence-electron chi connectivity index (χ4n) is 3.56. The van der Waals surface area contributed by atoms with Gasteiger partial charge in [0.2, 0.25) is 5.91 Å². The molecular formula is C20H28ClN3O3. The molecule has 2 N–H and O–H groups in total. The van der Waals surface area contributed by atoms with Gasteiger partial charge in [-0.3, -0.25) is 9.59 Å². The summed E-state index contributed by atoms with van der Waals surface area (Å²) in [5.74, 6) is -0.422. The highest BCUT2D eigenvalue weighted by Gasteiger charge is 2.22. The summed E-state index contributed by atoms with van der Waals surface area (Å²) in [6.45, 7) is 4.77. The van der Waals surface area contributed by atoms with Crippen molar-refractivity contribution in [3.8, 4) is 0 Å². The first-order valence-corrected chi connectivity index (χ1v) is 10.2. The minimum atomic E-state index is -0.636. The quantitative estimate of drug-likeness (QED) is 0.728. The number of nitrogens with zero attached hydrogens (tertiary/aromatic N) is 1. The van der Waals surface area contributed by atoms with Gasteiger partial charge in [0.15, 0.2) is 0 Å². The third-order valence-electron chi connectivity index (χ3n) is 5.08. The Balaban J connectivity index is 1.78. The van der Waals surface area contributed by atoms with E-state index in [0.29, 0.717) is 17.8 Å². The standard InChI is InChI=1S/C20H28ClN3O3/c1-14(21)19(25)23-15-7-8-18(24-9-3-2-4-10-24)17(12-15)20(26)22-13-16-6-5-11-27-16/h7-8,12,14,16H,2-6,9-11,13H2,1H3,(H,22,26)(H,23,25)/t14-,16+/m0/s1. The van der Waals surface area contributed by atoms with Crippen LogP contribution in [0.25, 0.3) is 0 Å². The maximum Gasteiger partial charge on any atom is 0.253 e. The van der Waals surface area contributed by atoms with Crippen molar-refractivity contribution in [2.75, 3.05) is 36.5 Å². The number of piperidine rings is 1. The van der Waals surface area contributed by atoms with E-state index in [9.17, 15) is 9.59 Å². The van der Waals surface area contributed by atoms with E-state index >= 15 is 0 Å². The first-order chi connectivity index (χ1) is 13.0. The topological polar surface area (TPSA) is 70.7 Å². The van der Waals surface area contributed by atoms with E-state index in [0.717, 1.165) is 51.1 Å². The number of halogens is 1. The Morgan fingerprint density at radius 2 is 2.04 bits per heavy atom. The van der Waals surface area contributed by atoms with Crippen molar-refractivity contribution in [3.63, 3.8) is 0 Å². The van der Waals surface area contributed by atoms with Crippen LogP contribution in [0.5, 0.6) is 0 Å². The van der Waals surface area contributed by atoms with Gasteiger partial charge in [0.25, 0.3) is 5.91 Å². The Kier molecular flexibility index (Phi) is 6.96. The van der Waals surface area contributed by atoms with Gasteiger partial charge in [0.05, 0.1) is 11.7 Å². The van der Waals surface area contributed by atoms with E-state index in [-0.39, 0.29) is 17.9 Å². The second kappa shape index (κ2) is 9.42. The largest absolute Gasteiger partial charge is 0.376 e. The molecule has 1 aromatic rings. The maximum atomic E-state index is 12.9. The van der Waals surface area contributed by atoms with Crippen LogP contribution in [-0.2, 0) is 9.53 Å². The second-order valence-electron chi connectivity index (χ2n) is 7.23. The van der Waals surface area contributed by atoms with Crippen LogP contribution in [0.1, 0.15) is 49.4 Å². The van der Waals surface area contributed by atoms with E-state index in [2.05, 4.69) is 15.5 Å². The summed E-state index contributed by atoms with van der Waals surface area (Å²) in [7, 11) is 0. The van der Waals surface area contributed by atoms with E-state index in [4.69, 9.17) is 16.3 Å². The number of hydrogen-bond acceptors (Lipinski definition) is 4. The summed E-state index contributed by atoms with van der Waals surface area (Å²) in [6, 6.07) is 5.49. The van der Waals surface area contributed by atoms with Crippen molar-refractivity contribution in [3.05, 3.63) is 23.8 Å². The molecule has 0 radical (unpaired) electrons. The minimum Gasteiger partial charge on any atom is -0.376 e. The smallest absolute Gasteiger partial charge is 0.253 e. The summed E-state index contributed by atoms with van der Waals surface area (Å²) in [4.78, 5) is 27.1. The Hall–Kier alpha value is -1.79. The van der Waals surface area contributed by atoms with E-state index < -0.39 is 5.38 Å². The van der Waals surface area contributed by atoms with Crippen molar-refractivity contribution in [1.82, 2.24) is 5.32 Å². The average molecular weight is 394 g/mol. The normalized spacial score (nSPS) is 21.0. The number of benzene rings is 1. The average Bonchev–Trinajstić information content (AvgIpc) is 3.20. The molecule has 1 aromatic carbocycles. The molecule has 2 aliphatic heterocycles. The third kappa shape index (κ3) is 5.36. The minimum absolute atomic E-state index is 0.0902. The highest BCUT2D eigenvalue weighted by atomic mass is 35.5. The molecule has 0 aliphatic carbocycles. The zero-order chi connectivity index (χ0) is 19.2. The molecule has 148 valence electrons. The van der Waals surface area contributed by atoms with E-state index in [1.807, 2.05) is 12.1 Å². The number of hydrogen-bond donors (Lipinski definition) is 2. The lowest BCUT2D eigenvalue weighted by Gasteiger charge is -2.30. The van der Waals surface area contributed by atoms with Gasteiger partial charge in [-0.2, -0.15) is 0 Å². The molecule has 0 saturated carbocycles. The number of anilines is 2. The lowest BCUT2D eigenvalue weighted by molar-refractivity contribution is -0.115. The van der Waals surface area contributed by atoms with Crippen molar-refractivity contribution in [1.29, 1.82) is 0 Å². The number of ether oxygens (including phenoxy) is 1. The van der Waals surface area contributed by atoms with Gasteiger partial charge in [-0.25, -0.2) is 0 Å². The summed E-state index contributed by atoms with van der Waals surface area (Å²) in [6.07, 6.45) is 5.57. The first-order valence-electron chi connectivity index (χ1n) is 9.78. The molecule has 2 heterocycles. The van der Waals surface area contributed by atoms with E-state index in [1.54, 1.807) is 13.0 Å². The molecule has 3 rings (SSSR count). The van der Waals surface area contributed by atoms with Crippen molar-refractivity contribution in [2.45, 2.75) is 50.5 Å². The molecule has 7 heteroatoms. The van der Waals surface area contributed by atoms with Gasteiger partial charge < -0.3 is 20.3 Å². The summed E-state index contributed by atoms with van der Waals surface area (Å²) in [5.41, 5.74) is 2.07. The molecule has 2 amide bonds. The van der Waals surface area contributed by atoms with Crippen LogP contribution in [0.15, 0.2) is 18.2 Å². The Labute approximate surface area is 165 Å². The van der Waals surface area contributed by atoms with Crippen LogP contribution < -0.4 is 15.5 Å². The monoisotopic (exact) mass is 393 g/mol. The Morgan fingerprint density at radius 3 is 2.70 bits per heavy atom. The van der Waals surface area contributed by atoms with Gasteiger partial charge in [0.1, 0.15) is 5.38 Å². The van der Waals surface area contributed by atoms with Crippen molar-refractivity contribution < 1.29 is 14.3 Å². The highest BCUT2D eigenvalue weighted by Crippen LogP contribution is 2.27. The molecule has 0 unspecified atom stereocenters. The number of carbonyl (C=O) groups excluding carboxylic acids is 2. The SMILES string of the molecule is C[C@H](Cl)C(=O)Nc1ccc(N2CCCCC2)c(C(=O)NC[C@H]2CCCO2)c1. The lowest BCUT2D eigenvalue weighted by atomic mass is 10.1. The lowest BCUT2D eigenvalue weighted by Crippen LogP contribution is -2.35. The van der Waals surface area contributed by atoms with E-state index in [1.165, 1.54) is 6.42 Å². The summed E-state index contributed by atoms with van der Waals surface area (Å²) < 4.78 is 5.59. The zero-order valence-electron chi connectivity index (χ0n) is 15.8. The van der Waals surface area contributed by atoms with Gasteiger partial charge in [0, 0.05) is 37.6 Å². The predicted octanol–water partition coefficient (Wildman–Crippen LogP) is 3.15. The van der Waals surface area contributed by atoms with Crippen LogP contribution in [0.2, 0.25) is 0 Å². The van der Waals surface area contributed by atoms with Gasteiger partial charge >= 0.3 is 0 Å². The maximum absolute atomic E-state index is 12.9. The fourth-order valence-corrected chi connectivity index (χ4v) is 3.61. The molecule has 0 spiro atoms. The molecule has 2 aliphatic rings.